The fourth-order valence-corrected chi connectivity index (χ4v) is 3.01. The molecule has 1 N–H and O–H groups in total. The summed E-state index contributed by atoms with van der Waals surface area (Å²) < 4.78 is 11.3. The van der Waals surface area contributed by atoms with E-state index in [1.165, 1.54) is 0 Å². The van der Waals surface area contributed by atoms with Crippen LogP contribution >= 0.6 is 11.8 Å². The Morgan fingerprint density at radius 2 is 1.67 bits per heavy atom. The maximum Gasteiger partial charge on any atom is 0.270 e. The topological polar surface area (TPSA) is 47.6 Å². The molecule has 138 valence electrons. The van der Waals surface area contributed by atoms with Crippen molar-refractivity contribution >= 4 is 23.4 Å². The Hall–Kier alpha value is -2.92. The molecule has 0 aliphatic heterocycles. The van der Waals surface area contributed by atoms with Gasteiger partial charge in [-0.2, -0.15) is 0 Å². The number of benzene rings is 3. The van der Waals surface area contributed by atoms with Gasteiger partial charge in [0.1, 0.15) is 11.5 Å². The first kappa shape index (κ1) is 18.9. The lowest BCUT2D eigenvalue weighted by molar-refractivity contribution is -0.123. The van der Waals surface area contributed by atoms with Gasteiger partial charge in [0.15, 0.2) is 0 Å². The van der Waals surface area contributed by atoms with Crippen LogP contribution in [-0.4, -0.2) is 19.3 Å². The van der Waals surface area contributed by atoms with Crippen molar-refractivity contribution in [1.82, 2.24) is 0 Å². The number of nitrogens with one attached hydrogen (secondary N) is 1. The monoisotopic (exact) mass is 379 g/mol. The number of rotatable bonds is 7. The summed E-state index contributed by atoms with van der Waals surface area (Å²) in [6.45, 7) is 0. The summed E-state index contributed by atoms with van der Waals surface area (Å²) in [6.07, 6.45) is 1.25. The molecule has 0 fully saturated rings. The number of hydrogen-bond acceptors (Lipinski definition) is 4. The van der Waals surface area contributed by atoms with Gasteiger partial charge in [-0.1, -0.05) is 36.4 Å². The smallest absolute Gasteiger partial charge is 0.270 e. The Kier molecular flexibility index (Phi) is 6.39. The first-order valence-electron chi connectivity index (χ1n) is 8.50. The summed E-state index contributed by atoms with van der Waals surface area (Å²) in [5.41, 5.74) is 1.44. The molecule has 0 spiro atoms. The number of amides is 1. The van der Waals surface area contributed by atoms with Gasteiger partial charge in [0, 0.05) is 22.2 Å². The summed E-state index contributed by atoms with van der Waals surface area (Å²) in [5, 5.41) is 2.91. The third-order valence-electron chi connectivity index (χ3n) is 3.99. The van der Waals surface area contributed by atoms with Gasteiger partial charge in [-0.25, -0.2) is 0 Å². The number of hydrogen-bond donors (Lipinski definition) is 1. The molecule has 3 rings (SSSR count). The molecule has 0 saturated carbocycles. The third-order valence-corrected chi connectivity index (χ3v) is 4.73. The van der Waals surface area contributed by atoms with Gasteiger partial charge in [-0.3, -0.25) is 4.79 Å². The first-order valence-corrected chi connectivity index (χ1v) is 9.72. The molecule has 0 saturated heterocycles. The number of methoxy groups -OCH3 is 1. The summed E-state index contributed by atoms with van der Waals surface area (Å²) in [7, 11) is 1.59. The van der Waals surface area contributed by atoms with E-state index >= 15 is 0 Å². The van der Waals surface area contributed by atoms with Crippen LogP contribution in [0.25, 0.3) is 0 Å². The fraction of sp³-hybridized carbons (Fsp3) is 0.136. The standard InChI is InChI=1S/C22H21NO3S/c1-25-19-10-6-9-17(15-19)23-22(24)21(16-7-4-3-5-8-16)26-18-11-13-20(27-2)14-12-18/h3-15,21H,1-2H3,(H,23,24). The van der Waals surface area contributed by atoms with Crippen LogP contribution in [0, 0.1) is 0 Å². The average Bonchev–Trinajstić information content (AvgIpc) is 2.73. The third kappa shape index (κ3) is 5.05. The van der Waals surface area contributed by atoms with E-state index in [1.807, 2.05) is 79.1 Å². The summed E-state index contributed by atoms with van der Waals surface area (Å²) >= 11 is 1.66. The number of thioether (sulfide) groups is 1. The predicted octanol–water partition coefficient (Wildman–Crippen LogP) is 5.18. The van der Waals surface area contributed by atoms with Gasteiger partial charge >= 0.3 is 0 Å². The van der Waals surface area contributed by atoms with Crippen molar-refractivity contribution in [2.24, 2.45) is 0 Å². The summed E-state index contributed by atoms with van der Waals surface area (Å²) in [5.74, 6) is 1.07. The molecule has 4 nitrogen and oxygen atoms in total. The minimum absolute atomic E-state index is 0.247. The van der Waals surface area contributed by atoms with E-state index in [0.29, 0.717) is 17.2 Å². The Labute approximate surface area is 163 Å². The van der Waals surface area contributed by atoms with Crippen LogP contribution in [0.1, 0.15) is 11.7 Å². The highest BCUT2D eigenvalue weighted by molar-refractivity contribution is 7.98. The zero-order chi connectivity index (χ0) is 19.1. The summed E-state index contributed by atoms with van der Waals surface area (Å²) in [6, 6.07) is 24.4. The van der Waals surface area contributed by atoms with Crippen molar-refractivity contribution in [3.8, 4) is 11.5 Å². The molecule has 0 aromatic heterocycles. The highest BCUT2D eigenvalue weighted by atomic mass is 32.2. The maximum absolute atomic E-state index is 13.0. The van der Waals surface area contributed by atoms with E-state index in [9.17, 15) is 4.79 Å². The fourth-order valence-electron chi connectivity index (χ4n) is 2.60. The van der Waals surface area contributed by atoms with E-state index in [-0.39, 0.29) is 5.91 Å². The lowest BCUT2D eigenvalue weighted by atomic mass is 10.1. The second-order valence-corrected chi connectivity index (χ2v) is 6.68. The number of carbonyl (C=O) groups excluding carboxylic acids is 1. The van der Waals surface area contributed by atoms with Gasteiger partial charge in [0.2, 0.25) is 6.10 Å². The van der Waals surface area contributed by atoms with Crippen molar-refractivity contribution in [3.05, 3.63) is 84.4 Å². The highest BCUT2D eigenvalue weighted by Crippen LogP contribution is 2.26. The van der Waals surface area contributed by atoms with Crippen molar-refractivity contribution in [1.29, 1.82) is 0 Å². The average molecular weight is 379 g/mol. The van der Waals surface area contributed by atoms with Gasteiger partial charge in [0.05, 0.1) is 7.11 Å². The molecule has 3 aromatic rings. The normalized spacial score (nSPS) is 11.5. The first-order chi connectivity index (χ1) is 13.2. The Balaban J connectivity index is 1.83. The Morgan fingerprint density at radius 3 is 2.33 bits per heavy atom. The molecule has 0 heterocycles. The van der Waals surface area contributed by atoms with Crippen molar-refractivity contribution in [3.63, 3.8) is 0 Å². The molecular formula is C22H21NO3S. The zero-order valence-electron chi connectivity index (χ0n) is 15.2. The lowest BCUT2D eigenvalue weighted by Crippen LogP contribution is -2.25. The Morgan fingerprint density at radius 1 is 0.926 bits per heavy atom. The number of ether oxygens (including phenoxy) is 2. The second kappa shape index (κ2) is 9.14. The molecule has 5 heteroatoms. The molecule has 0 aliphatic carbocycles. The van der Waals surface area contributed by atoms with Crippen LogP contribution < -0.4 is 14.8 Å². The number of carbonyl (C=O) groups is 1. The molecule has 1 amide bonds. The van der Waals surface area contributed by atoms with Gasteiger partial charge in [-0.15, -0.1) is 11.8 Å². The van der Waals surface area contributed by atoms with Gasteiger partial charge in [0.25, 0.3) is 5.91 Å². The minimum atomic E-state index is -0.766. The van der Waals surface area contributed by atoms with E-state index in [2.05, 4.69) is 5.32 Å². The molecular weight excluding hydrogens is 358 g/mol. The van der Waals surface area contributed by atoms with Gasteiger partial charge < -0.3 is 14.8 Å². The molecule has 0 aliphatic rings. The van der Waals surface area contributed by atoms with Crippen molar-refractivity contribution in [2.45, 2.75) is 11.0 Å². The lowest BCUT2D eigenvalue weighted by Gasteiger charge is -2.19. The summed E-state index contributed by atoms with van der Waals surface area (Å²) in [4.78, 5) is 14.1. The predicted molar refractivity (Wildman–Crippen MR) is 110 cm³/mol. The largest absolute Gasteiger partial charge is 0.497 e. The van der Waals surface area contributed by atoms with E-state index in [4.69, 9.17) is 9.47 Å². The Bertz CT molecular complexity index is 882. The van der Waals surface area contributed by atoms with Crippen LogP contribution in [0.3, 0.4) is 0 Å². The molecule has 1 atom stereocenters. The maximum atomic E-state index is 13.0. The van der Waals surface area contributed by atoms with Gasteiger partial charge in [-0.05, 0) is 42.7 Å². The van der Waals surface area contributed by atoms with E-state index in [1.54, 1.807) is 24.9 Å². The van der Waals surface area contributed by atoms with Crippen LogP contribution in [0.2, 0.25) is 0 Å². The number of anilines is 1. The molecule has 3 aromatic carbocycles. The van der Waals surface area contributed by atoms with Crippen LogP contribution in [0.4, 0.5) is 5.69 Å². The zero-order valence-corrected chi connectivity index (χ0v) is 16.0. The van der Waals surface area contributed by atoms with Crippen molar-refractivity contribution < 1.29 is 14.3 Å². The van der Waals surface area contributed by atoms with E-state index in [0.717, 1.165) is 10.5 Å². The molecule has 0 radical (unpaired) electrons. The quantitative estimate of drug-likeness (QED) is 0.575. The second-order valence-electron chi connectivity index (χ2n) is 5.81. The van der Waals surface area contributed by atoms with Crippen molar-refractivity contribution in [2.75, 3.05) is 18.7 Å². The van der Waals surface area contributed by atoms with Crippen LogP contribution in [0.5, 0.6) is 11.5 Å². The SMILES string of the molecule is COc1cccc(NC(=O)C(Oc2ccc(SC)cc2)c2ccccc2)c1. The van der Waals surface area contributed by atoms with E-state index < -0.39 is 6.10 Å². The molecule has 0 bridgehead atoms. The minimum Gasteiger partial charge on any atom is -0.497 e. The van der Waals surface area contributed by atoms with Crippen LogP contribution in [0.15, 0.2) is 83.8 Å². The highest BCUT2D eigenvalue weighted by Gasteiger charge is 2.23. The van der Waals surface area contributed by atoms with Crippen LogP contribution in [-0.2, 0) is 4.79 Å². The molecule has 27 heavy (non-hydrogen) atoms. The molecule has 1 unspecified atom stereocenters.